The van der Waals surface area contributed by atoms with E-state index in [4.69, 9.17) is 9.15 Å². The predicted molar refractivity (Wildman–Crippen MR) is 107 cm³/mol. The van der Waals surface area contributed by atoms with E-state index in [1.54, 1.807) is 26.5 Å². The van der Waals surface area contributed by atoms with Gasteiger partial charge in [0.25, 0.3) is 11.8 Å². The van der Waals surface area contributed by atoms with E-state index >= 15 is 0 Å². The SMILES string of the molecule is Cc1nc2ccccc2n1CC(=O)OCC(=O)N1CCN(C(=O)c2ccco2)CC1. The van der Waals surface area contributed by atoms with Gasteiger partial charge in [-0.25, -0.2) is 4.98 Å². The Labute approximate surface area is 172 Å². The zero-order valence-electron chi connectivity index (χ0n) is 16.6. The number of esters is 1. The Balaban J connectivity index is 1.26. The third-order valence-corrected chi connectivity index (χ3v) is 5.14. The van der Waals surface area contributed by atoms with Gasteiger partial charge in [0.1, 0.15) is 12.4 Å². The number of fused-ring (bicyclic) bond motifs is 1. The molecule has 1 fully saturated rings. The van der Waals surface area contributed by atoms with Crippen molar-refractivity contribution in [1.29, 1.82) is 0 Å². The maximum absolute atomic E-state index is 12.4. The fraction of sp³-hybridized carbons (Fsp3) is 0.333. The molecule has 2 amide bonds. The Morgan fingerprint density at radius 1 is 1.03 bits per heavy atom. The lowest BCUT2D eigenvalue weighted by atomic mass is 10.3. The number of ether oxygens (including phenoxy) is 1. The topological polar surface area (TPSA) is 97.9 Å². The number of benzene rings is 1. The van der Waals surface area contributed by atoms with Crippen LogP contribution in [0.4, 0.5) is 0 Å². The van der Waals surface area contributed by atoms with E-state index in [9.17, 15) is 14.4 Å². The zero-order valence-corrected chi connectivity index (χ0v) is 16.6. The number of piperazine rings is 1. The summed E-state index contributed by atoms with van der Waals surface area (Å²) in [5.74, 6) is 0.0196. The lowest BCUT2D eigenvalue weighted by Gasteiger charge is -2.34. The maximum atomic E-state index is 12.4. The van der Waals surface area contributed by atoms with Crippen molar-refractivity contribution in [2.24, 2.45) is 0 Å². The molecule has 9 nitrogen and oxygen atoms in total. The second kappa shape index (κ2) is 8.40. The molecule has 0 atom stereocenters. The number of para-hydroxylation sites is 2. The second-order valence-electron chi connectivity index (χ2n) is 7.04. The van der Waals surface area contributed by atoms with Gasteiger partial charge in [-0.15, -0.1) is 0 Å². The average molecular weight is 410 g/mol. The fourth-order valence-corrected chi connectivity index (χ4v) is 3.52. The van der Waals surface area contributed by atoms with Crippen LogP contribution in [0.3, 0.4) is 0 Å². The Morgan fingerprint density at radius 2 is 1.77 bits per heavy atom. The molecule has 1 aliphatic heterocycles. The molecule has 0 saturated carbocycles. The van der Waals surface area contributed by atoms with E-state index < -0.39 is 5.97 Å². The Hall–Kier alpha value is -3.62. The van der Waals surface area contributed by atoms with Crippen molar-refractivity contribution >= 4 is 28.8 Å². The zero-order chi connectivity index (χ0) is 21.1. The summed E-state index contributed by atoms with van der Waals surface area (Å²) in [5.41, 5.74) is 1.65. The highest BCUT2D eigenvalue weighted by Gasteiger charge is 2.26. The van der Waals surface area contributed by atoms with Crippen molar-refractivity contribution in [3.63, 3.8) is 0 Å². The minimum atomic E-state index is -0.499. The van der Waals surface area contributed by atoms with E-state index in [1.807, 2.05) is 31.2 Å². The number of nitrogens with zero attached hydrogens (tertiary/aromatic N) is 4. The summed E-state index contributed by atoms with van der Waals surface area (Å²) in [5, 5.41) is 0. The van der Waals surface area contributed by atoms with Crippen molar-refractivity contribution < 1.29 is 23.5 Å². The summed E-state index contributed by atoms with van der Waals surface area (Å²) >= 11 is 0. The first-order valence-corrected chi connectivity index (χ1v) is 9.71. The van der Waals surface area contributed by atoms with Crippen molar-refractivity contribution in [2.45, 2.75) is 13.5 Å². The minimum Gasteiger partial charge on any atom is -0.459 e. The van der Waals surface area contributed by atoms with Gasteiger partial charge in [0.15, 0.2) is 12.4 Å². The van der Waals surface area contributed by atoms with Crippen molar-refractivity contribution in [1.82, 2.24) is 19.4 Å². The molecule has 1 aromatic carbocycles. The van der Waals surface area contributed by atoms with Crippen LogP contribution in [-0.2, 0) is 20.9 Å². The molecule has 9 heteroatoms. The molecule has 0 aliphatic carbocycles. The number of aryl methyl sites for hydroxylation is 1. The number of carbonyl (C=O) groups excluding carboxylic acids is 3. The third kappa shape index (κ3) is 4.05. The predicted octanol–water partition coefficient (Wildman–Crippen LogP) is 1.47. The normalized spacial score (nSPS) is 14.2. The van der Waals surface area contributed by atoms with Crippen LogP contribution in [0, 0.1) is 6.92 Å². The molecule has 0 N–H and O–H groups in total. The number of furan rings is 1. The van der Waals surface area contributed by atoms with Gasteiger partial charge < -0.3 is 23.5 Å². The molecule has 0 spiro atoms. The van der Waals surface area contributed by atoms with Gasteiger partial charge >= 0.3 is 5.97 Å². The van der Waals surface area contributed by atoms with Crippen LogP contribution < -0.4 is 0 Å². The van der Waals surface area contributed by atoms with E-state index in [-0.39, 0.29) is 30.7 Å². The summed E-state index contributed by atoms with van der Waals surface area (Å²) in [7, 11) is 0. The second-order valence-corrected chi connectivity index (χ2v) is 7.04. The van der Waals surface area contributed by atoms with Crippen LogP contribution >= 0.6 is 0 Å². The first kappa shape index (κ1) is 19.7. The van der Waals surface area contributed by atoms with Crippen molar-refractivity contribution in [2.75, 3.05) is 32.8 Å². The quantitative estimate of drug-likeness (QED) is 0.591. The van der Waals surface area contributed by atoms with Gasteiger partial charge in [-0.05, 0) is 31.2 Å². The number of aromatic nitrogens is 2. The Morgan fingerprint density at radius 3 is 2.50 bits per heavy atom. The smallest absolute Gasteiger partial charge is 0.326 e. The number of hydrogen-bond donors (Lipinski definition) is 0. The van der Waals surface area contributed by atoms with Gasteiger partial charge in [0.05, 0.1) is 17.3 Å². The molecule has 1 saturated heterocycles. The van der Waals surface area contributed by atoms with Crippen molar-refractivity contribution in [3.05, 3.63) is 54.2 Å². The van der Waals surface area contributed by atoms with Gasteiger partial charge in [-0.3, -0.25) is 14.4 Å². The first-order chi connectivity index (χ1) is 14.5. The molecule has 156 valence electrons. The standard InChI is InChI=1S/C21H22N4O5/c1-15-22-16-5-2-3-6-17(16)25(15)13-20(27)30-14-19(26)23-8-10-24(11-9-23)21(28)18-7-4-12-29-18/h2-7,12H,8-11,13-14H2,1H3. The van der Waals surface area contributed by atoms with E-state index in [0.29, 0.717) is 32.0 Å². The van der Waals surface area contributed by atoms with Gasteiger partial charge in [0.2, 0.25) is 0 Å². The Kier molecular flexibility index (Phi) is 5.51. The lowest BCUT2D eigenvalue weighted by molar-refractivity contribution is -0.153. The highest BCUT2D eigenvalue weighted by atomic mass is 16.5. The van der Waals surface area contributed by atoms with E-state index in [0.717, 1.165) is 11.0 Å². The van der Waals surface area contributed by atoms with E-state index in [2.05, 4.69) is 4.98 Å². The van der Waals surface area contributed by atoms with Crippen LogP contribution in [0.15, 0.2) is 47.1 Å². The monoisotopic (exact) mass is 410 g/mol. The maximum Gasteiger partial charge on any atom is 0.326 e. The number of rotatable bonds is 5. The molecular formula is C21H22N4O5. The van der Waals surface area contributed by atoms with Crippen molar-refractivity contribution in [3.8, 4) is 0 Å². The van der Waals surface area contributed by atoms with Crippen LogP contribution in [0.25, 0.3) is 11.0 Å². The molecule has 0 radical (unpaired) electrons. The molecule has 30 heavy (non-hydrogen) atoms. The molecular weight excluding hydrogens is 388 g/mol. The Bertz CT molecular complexity index is 1060. The third-order valence-electron chi connectivity index (χ3n) is 5.14. The number of hydrogen-bond acceptors (Lipinski definition) is 6. The summed E-state index contributed by atoms with van der Waals surface area (Å²) in [4.78, 5) is 44.6. The molecule has 2 aromatic heterocycles. The average Bonchev–Trinajstić information content (AvgIpc) is 3.40. The van der Waals surface area contributed by atoms with Crippen LogP contribution in [-0.4, -0.2) is 69.9 Å². The fourth-order valence-electron chi connectivity index (χ4n) is 3.52. The minimum absolute atomic E-state index is 0.00888. The van der Waals surface area contributed by atoms with Crippen LogP contribution in [0.1, 0.15) is 16.4 Å². The highest BCUT2D eigenvalue weighted by Crippen LogP contribution is 2.15. The summed E-state index contributed by atoms with van der Waals surface area (Å²) in [6.45, 7) is 3.06. The molecule has 0 unspecified atom stereocenters. The highest BCUT2D eigenvalue weighted by molar-refractivity contribution is 5.91. The molecule has 3 aromatic rings. The lowest BCUT2D eigenvalue weighted by Crippen LogP contribution is -2.51. The number of carbonyl (C=O) groups is 3. The molecule has 0 bridgehead atoms. The largest absolute Gasteiger partial charge is 0.459 e. The number of imidazole rings is 1. The number of amides is 2. The summed E-state index contributed by atoms with van der Waals surface area (Å²) in [6.07, 6.45) is 1.45. The molecule has 1 aliphatic rings. The molecule has 3 heterocycles. The summed E-state index contributed by atoms with van der Waals surface area (Å²) in [6, 6.07) is 10.8. The summed E-state index contributed by atoms with van der Waals surface area (Å²) < 4.78 is 12.1. The van der Waals surface area contributed by atoms with Gasteiger partial charge in [-0.1, -0.05) is 12.1 Å². The van der Waals surface area contributed by atoms with Crippen LogP contribution in [0.5, 0.6) is 0 Å². The first-order valence-electron chi connectivity index (χ1n) is 9.71. The molecule has 4 rings (SSSR count). The van der Waals surface area contributed by atoms with E-state index in [1.165, 1.54) is 6.26 Å². The van der Waals surface area contributed by atoms with Gasteiger partial charge in [-0.2, -0.15) is 0 Å². The van der Waals surface area contributed by atoms with Gasteiger partial charge in [0, 0.05) is 26.2 Å². The van der Waals surface area contributed by atoms with Crippen LogP contribution in [0.2, 0.25) is 0 Å².